The van der Waals surface area contributed by atoms with Crippen LogP contribution >= 0.6 is 0 Å². The zero-order valence-electron chi connectivity index (χ0n) is 10.1. The Bertz CT molecular complexity index is 413. The van der Waals surface area contributed by atoms with Gasteiger partial charge in [-0.1, -0.05) is 20.8 Å². The second-order valence-electron chi connectivity index (χ2n) is 4.83. The smallest absolute Gasteiger partial charge is 0.222 e. The first-order valence-electron chi connectivity index (χ1n) is 5.13. The second-order valence-corrected chi connectivity index (χ2v) is 4.83. The molecule has 1 aromatic rings. The summed E-state index contributed by atoms with van der Waals surface area (Å²) in [5.74, 6) is 0.667. The van der Waals surface area contributed by atoms with Crippen molar-refractivity contribution in [1.29, 1.82) is 5.26 Å². The van der Waals surface area contributed by atoms with E-state index in [1.54, 1.807) is 0 Å². The molecule has 0 saturated carbocycles. The van der Waals surface area contributed by atoms with Crippen molar-refractivity contribution in [3.05, 3.63) is 11.8 Å². The molecular formula is C11H17N5. The molecule has 0 amide bonds. The minimum atomic E-state index is 0.0758. The van der Waals surface area contributed by atoms with Gasteiger partial charge in [-0.25, -0.2) is 4.98 Å². The molecule has 1 heterocycles. The quantitative estimate of drug-likeness (QED) is 0.791. The molecule has 0 bridgehead atoms. The number of nitriles is 1. The molecule has 1 aromatic heterocycles. The van der Waals surface area contributed by atoms with Gasteiger partial charge in [-0.2, -0.15) is 10.2 Å². The Morgan fingerprint density at radius 2 is 2.12 bits per heavy atom. The number of anilines is 2. The number of hydrogen-bond acceptors (Lipinski definition) is 5. The zero-order chi connectivity index (χ0) is 12.3. The predicted molar refractivity (Wildman–Crippen MR) is 63.7 cm³/mol. The lowest BCUT2D eigenvalue weighted by Crippen LogP contribution is -2.31. The molecule has 5 heteroatoms. The summed E-state index contributed by atoms with van der Waals surface area (Å²) in [7, 11) is 0. The molecule has 0 aromatic carbocycles. The molecule has 1 unspecified atom stereocenters. The van der Waals surface area contributed by atoms with E-state index in [1.807, 2.05) is 13.0 Å². The van der Waals surface area contributed by atoms with E-state index in [0.29, 0.717) is 11.4 Å². The lowest BCUT2D eigenvalue weighted by Gasteiger charge is -2.28. The van der Waals surface area contributed by atoms with E-state index in [2.05, 4.69) is 36.1 Å². The van der Waals surface area contributed by atoms with Crippen LogP contribution < -0.4 is 11.1 Å². The summed E-state index contributed by atoms with van der Waals surface area (Å²) in [6, 6.07) is 2.21. The first-order valence-corrected chi connectivity index (χ1v) is 5.13. The van der Waals surface area contributed by atoms with Crippen molar-refractivity contribution in [2.24, 2.45) is 5.41 Å². The average molecular weight is 219 g/mol. The number of nitrogens with zero attached hydrogens (tertiary/aromatic N) is 3. The Balaban J connectivity index is 2.97. The fraction of sp³-hybridized carbons (Fsp3) is 0.545. The second kappa shape index (κ2) is 4.35. The molecule has 1 atom stereocenters. The highest BCUT2D eigenvalue weighted by molar-refractivity contribution is 5.53. The number of nitrogens with two attached hydrogens (primary N) is 1. The fourth-order valence-electron chi connectivity index (χ4n) is 1.01. The molecule has 1 rings (SSSR count). The zero-order valence-corrected chi connectivity index (χ0v) is 10.1. The van der Waals surface area contributed by atoms with E-state index < -0.39 is 0 Å². The SMILES string of the molecule is CC(Nc1nc(N)ncc1C#N)C(C)(C)C. The van der Waals surface area contributed by atoms with E-state index in [1.165, 1.54) is 6.20 Å². The number of hydrogen-bond donors (Lipinski definition) is 2. The van der Waals surface area contributed by atoms with Crippen LogP contribution in [0.4, 0.5) is 11.8 Å². The van der Waals surface area contributed by atoms with Gasteiger partial charge in [0.15, 0.2) is 0 Å². The maximum atomic E-state index is 8.91. The number of nitrogen functional groups attached to an aromatic ring is 1. The summed E-state index contributed by atoms with van der Waals surface area (Å²) < 4.78 is 0. The van der Waals surface area contributed by atoms with Crippen LogP contribution in [0.25, 0.3) is 0 Å². The van der Waals surface area contributed by atoms with E-state index in [0.717, 1.165) is 0 Å². The standard InChI is InChI=1S/C11H17N5/c1-7(11(2,3)4)15-9-8(5-12)6-14-10(13)16-9/h6-7H,1-4H3,(H3,13,14,15,16). The number of aromatic nitrogens is 2. The Morgan fingerprint density at radius 3 is 2.62 bits per heavy atom. The average Bonchev–Trinajstić information content (AvgIpc) is 2.16. The van der Waals surface area contributed by atoms with Crippen molar-refractivity contribution in [1.82, 2.24) is 9.97 Å². The van der Waals surface area contributed by atoms with Crippen molar-refractivity contribution in [3.8, 4) is 6.07 Å². The van der Waals surface area contributed by atoms with Gasteiger partial charge in [-0.3, -0.25) is 0 Å². The van der Waals surface area contributed by atoms with Crippen LogP contribution in [0.5, 0.6) is 0 Å². The molecule has 0 aliphatic heterocycles. The van der Waals surface area contributed by atoms with E-state index in [9.17, 15) is 0 Å². The largest absolute Gasteiger partial charge is 0.368 e. The Labute approximate surface area is 95.7 Å². The van der Waals surface area contributed by atoms with Gasteiger partial charge in [0, 0.05) is 6.04 Å². The van der Waals surface area contributed by atoms with Gasteiger partial charge >= 0.3 is 0 Å². The first-order chi connectivity index (χ1) is 7.34. The van der Waals surface area contributed by atoms with Crippen molar-refractivity contribution < 1.29 is 0 Å². The molecule has 16 heavy (non-hydrogen) atoms. The molecule has 0 spiro atoms. The minimum Gasteiger partial charge on any atom is -0.368 e. The van der Waals surface area contributed by atoms with E-state index in [-0.39, 0.29) is 17.4 Å². The van der Waals surface area contributed by atoms with Gasteiger partial charge in [0.1, 0.15) is 17.5 Å². The maximum Gasteiger partial charge on any atom is 0.222 e. The van der Waals surface area contributed by atoms with Crippen LogP contribution in [0.15, 0.2) is 6.20 Å². The van der Waals surface area contributed by atoms with E-state index >= 15 is 0 Å². The van der Waals surface area contributed by atoms with Crippen molar-refractivity contribution in [3.63, 3.8) is 0 Å². The third kappa shape index (κ3) is 2.83. The molecule has 5 nitrogen and oxygen atoms in total. The molecule has 0 fully saturated rings. The summed E-state index contributed by atoms with van der Waals surface area (Å²) in [4.78, 5) is 7.81. The highest BCUT2D eigenvalue weighted by atomic mass is 15.1. The third-order valence-corrected chi connectivity index (χ3v) is 2.58. The van der Waals surface area contributed by atoms with Crippen LogP contribution in [0, 0.1) is 16.7 Å². The molecular weight excluding hydrogens is 202 g/mol. The van der Waals surface area contributed by atoms with Gasteiger partial charge in [-0.05, 0) is 12.3 Å². The molecule has 0 saturated heterocycles. The topological polar surface area (TPSA) is 87.6 Å². The molecule has 0 aliphatic rings. The summed E-state index contributed by atoms with van der Waals surface area (Å²) in [5, 5.41) is 12.1. The van der Waals surface area contributed by atoms with Gasteiger partial charge < -0.3 is 11.1 Å². The summed E-state index contributed by atoms with van der Waals surface area (Å²) >= 11 is 0. The normalized spacial score (nSPS) is 12.9. The predicted octanol–water partition coefficient (Wildman–Crippen LogP) is 1.78. The molecule has 86 valence electrons. The third-order valence-electron chi connectivity index (χ3n) is 2.58. The van der Waals surface area contributed by atoms with Crippen molar-refractivity contribution >= 4 is 11.8 Å². The van der Waals surface area contributed by atoms with Gasteiger partial charge in [0.05, 0.1) is 6.20 Å². The Morgan fingerprint density at radius 1 is 1.50 bits per heavy atom. The molecule has 3 N–H and O–H groups in total. The monoisotopic (exact) mass is 219 g/mol. The van der Waals surface area contributed by atoms with Crippen LogP contribution in [0.3, 0.4) is 0 Å². The van der Waals surface area contributed by atoms with Gasteiger partial charge in [-0.15, -0.1) is 0 Å². The Kier molecular flexibility index (Phi) is 3.33. The van der Waals surface area contributed by atoms with Crippen molar-refractivity contribution in [2.45, 2.75) is 33.7 Å². The van der Waals surface area contributed by atoms with Crippen LogP contribution in [-0.2, 0) is 0 Å². The van der Waals surface area contributed by atoms with Crippen molar-refractivity contribution in [2.75, 3.05) is 11.1 Å². The highest BCUT2D eigenvalue weighted by Crippen LogP contribution is 2.23. The minimum absolute atomic E-state index is 0.0758. The Hall–Kier alpha value is -1.83. The molecule has 0 radical (unpaired) electrons. The lowest BCUT2D eigenvalue weighted by atomic mass is 9.88. The highest BCUT2D eigenvalue weighted by Gasteiger charge is 2.21. The van der Waals surface area contributed by atoms with Crippen LogP contribution in [-0.4, -0.2) is 16.0 Å². The number of nitrogens with one attached hydrogen (secondary N) is 1. The summed E-state index contributed by atoms with van der Waals surface area (Å²) in [5.41, 5.74) is 5.98. The number of rotatable bonds is 2. The van der Waals surface area contributed by atoms with Crippen LogP contribution in [0.2, 0.25) is 0 Å². The fourth-order valence-corrected chi connectivity index (χ4v) is 1.01. The molecule has 0 aliphatic carbocycles. The van der Waals surface area contributed by atoms with Gasteiger partial charge in [0.2, 0.25) is 5.95 Å². The maximum absolute atomic E-state index is 8.91. The summed E-state index contributed by atoms with van der Waals surface area (Å²) in [6.45, 7) is 8.38. The van der Waals surface area contributed by atoms with E-state index in [4.69, 9.17) is 11.0 Å². The lowest BCUT2D eigenvalue weighted by molar-refractivity contribution is 0.358. The summed E-state index contributed by atoms with van der Waals surface area (Å²) in [6.07, 6.45) is 1.43. The van der Waals surface area contributed by atoms with Crippen LogP contribution in [0.1, 0.15) is 33.3 Å². The van der Waals surface area contributed by atoms with Gasteiger partial charge in [0.25, 0.3) is 0 Å². The first kappa shape index (κ1) is 12.2.